The summed E-state index contributed by atoms with van der Waals surface area (Å²) in [6, 6.07) is 7.74. The van der Waals surface area contributed by atoms with Crippen LogP contribution in [-0.2, 0) is 4.79 Å². The first-order chi connectivity index (χ1) is 9.04. The van der Waals surface area contributed by atoms with Gasteiger partial charge in [0.05, 0.1) is 5.92 Å². The summed E-state index contributed by atoms with van der Waals surface area (Å²) in [5, 5.41) is 3.06. The topological polar surface area (TPSA) is 55.1 Å². The highest BCUT2D eigenvalue weighted by molar-refractivity contribution is 7.99. The Balaban J connectivity index is 2.48. The first-order valence-electron chi connectivity index (χ1n) is 6.78. The lowest BCUT2D eigenvalue weighted by molar-refractivity contribution is -0.122. The van der Waals surface area contributed by atoms with Gasteiger partial charge in [-0.15, -0.1) is 0 Å². The fourth-order valence-corrected chi connectivity index (χ4v) is 2.63. The summed E-state index contributed by atoms with van der Waals surface area (Å²) in [5.41, 5.74) is 7.41. The molecule has 0 aliphatic rings. The molecule has 1 amide bonds. The number of nitrogen functional groups attached to an aromatic ring is 1. The number of hydrogen-bond acceptors (Lipinski definition) is 3. The van der Waals surface area contributed by atoms with Gasteiger partial charge in [0.1, 0.15) is 0 Å². The van der Waals surface area contributed by atoms with Gasteiger partial charge in [-0.2, -0.15) is 11.8 Å². The number of nitrogens with two attached hydrogens (primary N) is 1. The van der Waals surface area contributed by atoms with E-state index in [1.807, 2.05) is 43.0 Å². The summed E-state index contributed by atoms with van der Waals surface area (Å²) in [6.07, 6.45) is 1.01. The quantitative estimate of drug-likeness (QED) is 0.596. The maximum atomic E-state index is 12.1. The smallest absolute Gasteiger partial charge is 0.227 e. The fourth-order valence-electron chi connectivity index (χ4n) is 1.82. The van der Waals surface area contributed by atoms with E-state index in [0.29, 0.717) is 5.69 Å². The van der Waals surface area contributed by atoms with Crippen molar-refractivity contribution in [2.45, 2.75) is 39.2 Å². The second-order valence-corrected chi connectivity index (χ2v) is 6.18. The van der Waals surface area contributed by atoms with E-state index in [2.05, 4.69) is 19.2 Å². The molecule has 3 N–H and O–H groups in total. The molecule has 0 saturated heterocycles. The molecule has 0 spiro atoms. The zero-order chi connectivity index (χ0) is 14.3. The van der Waals surface area contributed by atoms with E-state index in [1.165, 1.54) is 0 Å². The number of anilines is 1. The highest BCUT2D eigenvalue weighted by atomic mass is 32.2. The Hall–Kier alpha value is -1.16. The van der Waals surface area contributed by atoms with Crippen LogP contribution < -0.4 is 11.1 Å². The van der Waals surface area contributed by atoms with E-state index < -0.39 is 0 Å². The van der Waals surface area contributed by atoms with Gasteiger partial charge in [-0.25, -0.2) is 0 Å². The van der Waals surface area contributed by atoms with Gasteiger partial charge in [0.2, 0.25) is 5.91 Å². The van der Waals surface area contributed by atoms with Gasteiger partial charge in [0.15, 0.2) is 0 Å². The normalized spacial score (nSPS) is 13.8. The molecule has 1 aromatic rings. The maximum absolute atomic E-state index is 12.1. The molecule has 0 aromatic heterocycles. The minimum Gasteiger partial charge on any atom is -0.399 e. The summed E-state index contributed by atoms with van der Waals surface area (Å²) >= 11 is 1.90. The Morgan fingerprint density at radius 3 is 2.79 bits per heavy atom. The zero-order valence-corrected chi connectivity index (χ0v) is 12.8. The number of nitrogens with one attached hydrogen (secondary N) is 1. The molecule has 4 heteroatoms. The monoisotopic (exact) mass is 280 g/mol. The average Bonchev–Trinajstić information content (AvgIpc) is 2.38. The first-order valence-corrected chi connectivity index (χ1v) is 7.93. The fraction of sp³-hybridized carbons (Fsp3) is 0.533. The number of rotatable bonds is 7. The summed E-state index contributed by atoms with van der Waals surface area (Å²) in [5.74, 6) is 2.12. The van der Waals surface area contributed by atoms with Gasteiger partial charge < -0.3 is 11.1 Å². The standard InChI is InChI=1S/C15H24N2OS/c1-4-19-9-8-11(2)17-15(18)12(3)13-6-5-7-14(16)10-13/h5-7,10-12H,4,8-9,16H2,1-3H3,(H,17,18). The van der Waals surface area contributed by atoms with Crippen molar-refractivity contribution in [3.8, 4) is 0 Å². The van der Waals surface area contributed by atoms with Gasteiger partial charge in [-0.1, -0.05) is 19.1 Å². The number of carbonyl (C=O) groups is 1. The van der Waals surface area contributed by atoms with Crippen LogP contribution in [0.2, 0.25) is 0 Å². The van der Waals surface area contributed by atoms with Crippen molar-refractivity contribution in [1.29, 1.82) is 0 Å². The Morgan fingerprint density at radius 1 is 1.42 bits per heavy atom. The van der Waals surface area contributed by atoms with E-state index >= 15 is 0 Å². The van der Waals surface area contributed by atoms with E-state index in [-0.39, 0.29) is 17.9 Å². The number of carbonyl (C=O) groups excluding carboxylic acids is 1. The Bertz CT molecular complexity index is 409. The molecule has 0 radical (unpaired) electrons. The molecule has 2 unspecified atom stereocenters. The summed E-state index contributed by atoms with van der Waals surface area (Å²) in [6.45, 7) is 6.12. The van der Waals surface area contributed by atoms with Crippen molar-refractivity contribution >= 4 is 23.4 Å². The van der Waals surface area contributed by atoms with Gasteiger partial charge >= 0.3 is 0 Å². The molecule has 2 atom stereocenters. The van der Waals surface area contributed by atoms with Crippen LogP contribution in [0.4, 0.5) is 5.69 Å². The molecule has 0 aliphatic carbocycles. The number of hydrogen-bond donors (Lipinski definition) is 2. The Kier molecular flexibility index (Phi) is 6.78. The van der Waals surface area contributed by atoms with Gasteiger partial charge in [0.25, 0.3) is 0 Å². The van der Waals surface area contributed by atoms with E-state index in [9.17, 15) is 4.79 Å². The predicted octanol–water partition coefficient (Wildman–Crippen LogP) is 3.02. The van der Waals surface area contributed by atoms with Gasteiger partial charge in [0, 0.05) is 11.7 Å². The summed E-state index contributed by atoms with van der Waals surface area (Å²) < 4.78 is 0. The third-order valence-corrected chi connectivity index (χ3v) is 4.02. The molecule has 0 saturated carbocycles. The molecule has 3 nitrogen and oxygen atoms in total. The van der Waals surface area contributed by atoms with Gasteiger partial charge in [-0.05, 0) is 49.5 Å². The minimum atomic E-state index is -0.162. The van der Waals surface area contributed by atoms with Crippen LogP contribution in [0, 0.1) is 0 Å². The average molecular weight is 280 g/mol. The highest BCUT2D eigenvalue weighted by Crippen LogP contribution is 2.18. The predicted molar refractivity (Wildman–Crippen MR) is 84.5 cm³/mol. The Labute approximate surface area is 120 Å². The number of benzene rings is 1. The van der Waals surface area contributed by atoms with E-state index in [0.717, 1.165) is 23.5 Å². The largest absolute Gasteiger partial charge is 0.399 e. The second kappa shape index (κ2) is 8.10. The van der Waals surface area contributed by atoms with Crippen molar-refractivity contribution in [3.63, 3.8) is 0 Å². The molecular weight excluding hydrogens is 256 g/mol. The highest BCUT2D eigenvalue weighted by Gasteiger charge is 2.17. The summed E-state index contributed by atoms with van der Waals surface area (Å²) in [7, 11) is 0. The van der Waals surface area contributed by atoms with Crippen LogP contribution in [-0.4, -0.2) is 23.5 Å². The van der Waals surface area contributed by atoms with Crippen LogP contribution in [0.3, 0.4) is 0 Å². The van der Waals surface area contributed by atoms with Crippen LogP contribution in [0.1, 0.15) is 38.7 Å². The van der Waals surface area contributed by atoms with Crippen molar-refractivity contribution in [2.24, 2.45) is 0 Å². The molecule has 0 aliphatic heterocycles. The zero-order valence-electron chi connectivity index (χ0n) is 12.0. The molecule has 1 rings (SSSR count). The minimum absolute atomic E-state index is 0.0691. The van der Waals surface area contributed by atoms with Crippen molar-refractivity contribution < 1.29 is 4.79 Å². The molecule has 106 valence electrons. The molecule has 0 heterocycles. The van der Waals surface area contributed by atoms with Crippen molar-refractivity contribution in [1.82, 2.24) is 5.32 Å². The van der Waals surface area contributed by atoms with Crippen LogP contribution in [0.15, 0.2) is 24.3 Å². The van der Waals surface area contributed by atoms with Crippen molar-refractivity contribution in [2.75, 3.05) is 17.2 Å². The summed E-state index contributed by atoms with van der Waals surface area (Å²) in [4.78, 5) is 12.1. The first kappa shape index (κ1) is 15.9. The third kappa shape index (κ3) is 5.55. The Morgan fingerprint density at radius 2 is 2.16 bits per heavy atom. The second-order valence-electron chi connectivity index (χ2n) is 4.79. The van der Waals surface area contributed by atoms with E-state index in [1.54, 1.807) is 0 Å². The molecule has 0 fully saturated rings. The van der Waals surface area contributed by atoms with Gasteiger partial charge in [-0.3, -0.25) is 4.79 Å². The lowest BCUT2D eigenvalue weighted by Gasteiger charge is -2.18. The lowest BCUT2D eigenvalue weighted by atomic mass is 9.99. The van der Waals surface area contributed by atoms with Crippen LogP contribution in [0.5, 0.6) is 0 Å². The SMILES string of the molecule is CCSCCC(C)NC(=O)C(C)c1cccc(N)c1. The maximum Gasteiger partial charge on any atom is 0.227 e. The lowest BCUT2D eigenvalue weighted by Crippen LogP contribution is -2.35. The van der Waals surface area contributed by atoms with Crippen LogP contribution >= 0.6 is 11.8 Å². The van der Waals surface area contributed by atoms with Crippen molar-refractivity contribution in [3.05, 3.63) is 29.8 Å². The molecule has 0 bridgehead atoms. The number of amides is 1. The molecular formula is C15H24N2OS. The molecule has 1 aromatic carbocycles. The molecule has 19 heavy (non-hydrogen) atoms. The number of thioether (sulfide) groups is 1. The third-order valence-electron chi connectivity index (χ3n) is 3.09. The van der Waals surface area contributed by atoms with E-state index in [4.69, 9.17) is 5.73 Å². The van der Waals surface area contributed by atoms with Crippen LogP contribution in [0.25, 0.3) is 0 Å².